The van der Waals surface area contributed by atoms with Crippen LogP contribution in [-0.4, -0.2) is 13.5 Å². The summed E-state index contributed by atoms with van der Waals surface area (Å²) in [5.74, 6) is -2.56. The van der Waals surface area contributed by atoms with Crippen LogP contribution >= 0.6 is 0 Å². The summed E-state index contributed by atoms with van der Waals surface area (Å²) in [6.07, 6.45) is 0. The van der Waals surface area contributed by atoms with Gasteiger partial charge in [0.25, 0.3) is 0 Å². The zero-order valence-electron chi connectivity index (χ0n) is 10.4. The van der Waals surface area contributed by atoms with Crippen LogP contribution in [0, 0.1) is 17.5 Å². The molecule has 0 aliphatic heterocycles. The molecule has 0 aliphatic carbocycles. The van der Waals surface area contributed by atoms with Crippen LogP contribution in [-0.2, 0) is 0 Å². The second-order valence-corrected chi connectivity index (χ2v) is 14.6. The fourth-order valence-corrected chi connectivity index (χ4v) is 7.82. The standard InChI is InChI=1S/C12H18F3GeN/c1-4-16(5-2,6-3)17-12-10(14)7-9(13)8-11(12)15/h7-8,17H,4-6H2,1-3H3. The Morgan fingerprint density at radius 1 is 0.941 bits per heavy atom. The second kappa shape index (κ2) is 5.80. The Hall–Kier alpha value is -0.647. The number of hydrogen-bond donors (Lipinski definition) is 1. The Balaban J connectivity index is 3.09. The molecule has 1 aromatic carbocycles. The third kappa shape index (κ3) is 3.18. The molecule has 0 spiro atoms. The van der Waals surface area contributed by atoms with Gasteiger partial charge in [0.2, 0.25) is 0 Å². The van der Waals surface area contributed by atoms with Crippen LogP contribution in [0.15, 0.2) is 12.1 Å². The number of hydrogen-bond acceptors (Lipinski definition) is 1. The predicted octanol–water partition coefficient (Wildman–Crippen LogP) is 4.52. The average molecular weight is 306 g/mol. The fraction of sp³-hybridized carbons (Fsp3) is 0.500. The van der Waals surface area contributed by atoms with Crippen molar-refractivity contribution in [2.75, 3.05) is 4.27 Å². The molecule has 96 valence electrons. The van der Waals surface area contributed by atoms with Gasteiger partial charge < -0.3 is 0 Å². The van der Waals surface area contributed by atoms with Crippen molar-refractivity contribution >= 4 is 19.2 Å². The number of nitrogens with one attached hydrogen (secondary N) is 1. The molecule has 0 radical (unpaired) electrons. The van der Waals surface area contributed by atoms with E-state index in [1.165, 1.54) is 0 Å². The number of halogens is 3. The first-order valence-corrected chi connectivity index (χ1v) is 11.4. The van der Waals surface area contributed by atoms with E-state index in [0.29, 0.717) is 0 Å². The summed E-state index contributed by atoms with van der Waals surface area (Å²) < 4.78 is 42.9. The Bertz CT molecular complexity index is 360. The van der Waals surface area contributed by atoms with Crippen molar-refractivity contribution in [1.82, 2.24) is 0 Å². The number of rotatable bonds is 5. The Labute approximate surface area is 103 Å². The van der Waals surface area contributed by atoms with E-state index in [9.17, 15) is 13.2 Å². The quantitative estimate of drug-likeness (QED) is 0.789. The molecular formula is C12H18F3GeN. The summed E-state index contributed by atoms with van der Waals surface area (Å²) in [5.41, 5.74) is -0.156. The molecule has 0 aliphatic rings. The van der Waals surface area contributed by atoms with Gasteiger partial charge in [-0.25, -0.2) is 0 Å². The van der Waals surface area contributed by atoms with Crippen LogP contribution < -0.4 is 4.27 Å². The predicted molar refractivity (Wildman–Crippen MR) is 67.1 cm³/mol. The van der Waals surface area contributed by atoms with Crippen molar-refractivity contribution in [3.8, 4) is 0 Å². The van der Waals surface area contributed by atoms with Gasteiger partial charge in [-0.05, 0) is 0 Å². The Morgan fingerprint density at radius 3 is 1.71 bits per heavy atom. The SMILES string of the molecule is C[CH2][Ge]([CH2]C)([CH2]C)[NH]c1c(F)cc(F)cc1F. The third-order valence-corrected chi connectivity index (χ3v) is 13.6. The van der Waals surface area contributed by atoms with Gasteiger partial charge >= 0.3 is 103 Å². The molecule has 1 nitrogen and oxygen atoms in total. The van der Waals surface area contributed by atoms with Crippen molar-refractivity contribution in [3.05, 3.63) is 29.6 Å². The summed E-state index contributed by atoms with van der Waals surface area (Å²) in [7, 11) is 0. The zero-order chi connectivity index (χ0) is 13.1. The van der Waals surface area contributed by atoms with Crippen LogP contribution in [0.5, 0.6) is 0 Å². The molecular weight excluding hydrogens is 288 g/mol. The molecule has 1 N–H and O–H groups in total. The normalized spacial score (nSPS) is 11.6. The van der Waals surface area contributed by atoms with Crippen molar-refractivity contribution in [3.63, 3.8) is 0 Å². The Kier molecular flexibility index (Phi) is 4.92. The molecule has 0 aromatic heterocycles. The van der Waals surface area contributed by atoms with E-state index in [0.717, 1.165) is 27.9 Å². The summed E-state index contributed by atoms with van der Waals surface area (Å²) in [5, 5.41) is 2.80. The topological polar surface area (TPSA) is 12.0 Å². The molecule has 1 rings (SSSR count). The van der Waals surface area contributed by atoms with E-state index < -0.39 is 30.9 Å². The van der Waals surface area contributed by atoms with Gasteiger partial charge in [0.15, 0.2) is 0 Å². The van der Waals surface area contributed by atoms with Gasteiger partial charge in [0, 0.05) is 0 Å². The average Bonchev–Trinajstić information content (AvgIpc) is 2.29. The first-order valence-electron chi connectivity index (χ1n) is 5.90. The molecule has 0 bridgehead atoms. The fourth-order valence-electron chi connectivity index (χ4n) is 1.94. The monoisotopic (exact) mass is 307 g/mol. The van der Waals surface area contributed by atoms with Crippen molar-refractivity contribution < 1.29 is 13.2 Å². The van der Waals surface area contributed by atoms with Gasteiger partial charge in [0.05, 0.1) is 0 Å². The summed E-state index contributed by atoms with van der Waals surface area (Å²) in [6.45, 7) is 6.12. The minimum atomic E-state index is -2.43. The van der Waals surface area contributed by atoms with Crippen molar-refractivity contribution in [2.24, 2.45) is 0 Å². The van der Waals surface area contributed by atoms with E-state index in [4.69, 9.17) is 0 Å². The van der Waals surface area contributed by atoms with Crippen molar-refractivity contribution in [2.45, 2.75) is 36.5 Å². The Morgan fingerprint density at radius 2 is 1.35 bits per heavy atom. The van der Waals surface area contributed by atoms with Crippen molar-refractivity contribution in [1.29, 1.82) is 0 Å². The molecule has 5 heteroatoms. The molecule has 0 atom stereocenters. The van der Waals surface area contributed by atoms with Crippen LogP contribution in [0.2, 0.25) is 15.8 Å². The summed E-state index contributed by atoms with van der Waals surface area (Å²) in [6, 6.07) is 1.44. The molecule has 0 saturated heterocycles. The summed E-state index contributed by atoms with van der Waals surface area (Å²) >= 11 is -2.43. The molecule has 0 unspecified atom stereocenters. The zero-order valence-corrected chi connectivity index (χ0v) is 12.5. The van der Waals surface area contributed by atoms with E-state index in [1.807, 2.05) is 20.8 Å². The molecule has 1 aromatic rings. The maximum atomic E-state index is 13.5. The minimum absolute atomic E-state index is 0.156. The van der Waals surface area contributed by atoms with Gasteiger partial charge in [-0.3, -0.25) is 0 Å². The van der Waals surface area contributed by atoms with Crippen LogP contribution in [0.1, 0.15) is 20.8 Å². The van der Waals surface area contributed by atoms with Crippen LogP contribution in [0.25, 0.3) is 0 Å². The maximum absolute atomic E-state index is 13.5. The summed E-state index contributed by atoms with van der Waals surface area (Å²) in [4.78, 5) is 0. The molecule has 0 saturated carbocycles. The van der Waals surface area contributed by atoms with E-state index >= 15 is 0 Å². The molecule has 0 amide bonds. The van der Waals surface area contributed by atoms with Gasteiger partial charge in [-0.2, -0.15) is 0 Å². The van der Waals surface area contributed by atoms with E-state index in [2.05, 4.69) is 4.27 Å². The third-order valence-electron chi connectivity index (χ3n) is 3.43. The first-order chi connectivity index (χ1) is 7.98. The van der Waals surface area contributed by atoms with Gasteiger partial charge in [0.1, 0.15) is 0 Å². The van der Waals surface area contributed by atoms with E-state index in [-0.39, 0.29) is 5.69 Å². The molecule has 0 heterocycles. The molecule has 0 fully saturated rings. The second-order valence-electron chi connectivity index (χ2n) is 4.21. The molecule has 17 heavy (non-hydrogen) atoms. The van der Waals surface area contributed by atoms with Gasteiger partial charge in [-0.1, -0.05) is 0 Å². The number of anilines is 1. The first kappa shape index (κ1) is 14.4. The number of benzene rings is 1. The van der Waals surface area contributed by atoms with Gasteiger partial charge in [-0.15, -0.1) is 0 Å². The van der Waals surface area contributed by atoms with Crippen LogP contribution in [0.3, 0.4) is 0 Å². The van der Waals surface area contributed by atoms with Crippen LogP contribution in [0.4, 0.5) is 18.9 Å². The van der Waals surface area contributed by atoms with E-state index in [1.54, 1.807) is 0 Å².